The molecule has 19 heavy (non-hydrogen) atoms. The third-order valence-corrected chi connectivity index (χ3v) is 4.05. The molecule has 2 atom stereocenters. The van der Waals surface area contributed by atoms with E-state index in [9.17, 15) is 0 Å². The van der Waals surface area contributed by atoms with Gasteiger partial charge in [-0.2, -0.15) is 5.10 Å². The fourth-order valence-electron chi connectivity index (χ4n) is 2.52. The first-order valence-corrected chi connectivity index (χ1v) is 6.82. The minimum Gasteiger partial charge on any atom is -0.389 e. The maximum absolute atomic E-state index is 5.86. The molecule has 104 valence electrons. The number of aryl methyl sites for hydroxylation is 1. The molecule has 2 N–H and O–H groups in total. The van der Waals surface area contributed by atoms with Crippen molar-refractivity contribution in [2.45, 2.75) is 39.3 Å². The SMILES string of the molecule is Cc1nnc(N(C)C2CCOC2C)c(C(N)=S)c1C. The summed E-state index contributed by atoms with van der Waals surface area (Å²) in [5.41, 5.74) is 8.54. The van der Waals surface area contributed by atoms with Gasteiger partial charge >= 0.3 is 0 Å². The number of likely N-dealkylation sites (N-methyl/N-ethyl adjacent to an activating group) is 1. The van der Waals surface area contributed by atoms with Gasteiger partial charge in [0, 0.05) is 13.7 Å². The minimum absolute atomic E-state index is 0.174. The zero-order valence-corrected chi connectivity index (χ0v) is 12.6. The van der Waals surface area contributed by atoms with Gasteiger partial charge in [-0.1, -0.05) is 12.2 Å². The maximum atomic E-state index is 5.86. The predicted octanol–water partition coefficient (Wildman–Crippen LogP) is 1.34. The number of hydrogen-bond donors (Lipinski definition) is 1. The second-order valence-electron chi connectivity index (χ2n) is 5.02. The number of nitrogens with two attached hydrogens (primary N) is 1. The molecule has 0 radical (unpaired) electrons. The van der Waals surface area contributed by atoms with E-state index in [1.165, 1.54) is 0 Å². The molecule has 1 aliphatic heterocycles. The fraction of sp³-hybridized carbons (Fsp3) is 0.615. The summed E-state index contributed by atoms with van der Waals surface area (Å²) in [7, 11) is 2.00. The van der Waals surface area contributed by atoms with Gasteiger partial charge in [-0.05, 0) is 32.8 Å². The van der Waals surface area contributed by atoms with Crippen molar-refractivity contribution in [1.82, 2.24) is 10.2 Å². The van der Waals surface area contributed by atoms with Gasteiger partial charge in [0.1, 0.15) is 4.99 Å². The quantitative estimate of drug-likeness (QED) is 0.843. The average molecular weight is 280 g/mol. The second kappa shape index (κ2) is 5.38. The van der Waals surface area contributed by atoms with Gasteiger partial charge in [-0.25, -0.2) is 0 Å². The second-order valence-corrected chi connectivity index (χ2v) is 5.46. The number of aromatic nitrogens is 2. The summed E-state index contributed by atoms with van der Waals surface area (Å²) in [5.74, 6) is 0.748. The molecule has 1 aromatic heterocycles. The van der Waals surface area contributed by atoms with Crippen molar-refractivity contribution in [3.05, 3.63) is 16.8 Å². The summed E-state index contributed by atoms with van der Waals surface area (Å²) in [5, 5.41) is 8.48. The van der Waals surface area contributed by atoms with E-state index in [2.05, 4.69) is 22.0 Å². The van der Waals surface area contributed by atoms with Crippen molar-refractivity contribution in [1.29, 1.82) is 0 Å². The van der Waals surface area contributed by atoms with Crippen molar-refractivity contribution in [2.24, 2.45) is 5.73 Å². The Labute approximate surface area is 119 Å². The molecular weight excluding hydrogens is 260 g/mol. The molecule has 5 nitrogen and oxygen atoms in total. The number of thiocarbonyl (C=S) groups is 1. The highest BCUT2D eigenvalue weighted by Gasteiger charge is 2.30. The lowest BCUT2D eigenvalue weighted by Gasteiger charge is -2.29. The van der Waals surface area contributed by atoms with Crippen molar-refractivity contribution < 1.29 is 4.74 Å². The van der Waals surface area contributed by atoms with Crippen molar-refractivity contribution in [3.8, 4) is 0 Å². The van der Waals surface area contributed by atoms with Crippen LogP contribution in [0, 0.1) is 13.8 Å². The third kappa shape index (κ3) is 2.55. The van der Waals surface area contributed by atoms with Crippen LogP contribution in [0.1, 0.15) is 30.2 Å². The predicted molar refractivity (Wildman–Crippen MR) is 79.6 cm³/mol. The lowest BCUT2D eigenvalue weighted by molar-refractivity contribution is 0.118. The molecule has 0 aromatic carbocycles. The molecule has 6 heteroatoms. The van der Waals surface area contributed by atoms with Crippen LogP contribution in [-0.4, -0.2) is 41.0 Å². The summed E-state index contributed by atoms with van der Waals surface area (Å²) in [6, 6.07) is 0.282. The molecule has 0 spiro atoms. The highest BCUT2D eigenvalue weighted by atomic mass is 32.1. The zero-order chi connectivity index (χ0) is 14.2. The average Bonchev–Trinajstić information content (AvgIpc) is 2.77. The number of hydrogen-bond acceptors (Lipinski definition) is 5. The van der Waals surface area contributed by atoms with Crippen LogP contribution < -0.4 is 10.6 Å². The van der Waals surface area contributed by atoms with Crippen molar-refractivity contribution >= 4 is 23.0 Å². The van der Waals surface area contributed by atoms with E-state index in [0.29, 0.717) is 4.99 Å². The highest BCUT2D eigenvalue weighted by Crippen LogP contribution is 2.27. The van der Waals surface area contributed by atoms with E-state index < -0.39 is 0 Å². The topological polar surface area (TPSA) is 64.3 Å². The molecule has 2 rings (SSSR count). The van der Waals surface area contributed by atoms with Crippen LogP contribution in [0.25, 0.3) is 0 Å². The van der Waals surface area contributed by atoms with E-state index in [0.717, 1.165) is 35.7 Å². The van der Waals surface area contributed by atoms with E-state index in [-0.39, 0.29) is 12.1 Å². The molecule has 0 amide bonds. The van der Waals surface area contributed by atoms with Crippen LogP contribution in [0.3, 0.4) is 0 Å². The fourth-order valence-corrected chi connectivity index (χ4v) is 2.77. The van der Waals surface area contributed by atoms with Gasteiger partial charge < -0.3 is 15.4 Å². The Balaban J connectivity index is 2.44. The van der Waals surface area contributed by atoms with Gasteiger partial charge in [0.2, 0.25) is 0 Å². The summed E-state index contributed by atoms with van der Waals surface area (Å²) in [6.45, 7) is 6.74. The van der Waals surface area contributed by atoms with Gasteiger partial charge in [-0.15, -0.1) is 5.10 Å². The molecule has 1 fully saturated rings. The van der Waals surface area contributed by atoms with Crippen LogP contribution in [-0.2, 0) is 4.74 Å². The molecule has 1 aliphatic rings. The number of nitrogens with zero attached hydrogens (tertiary/aromatic N) is 3. The van der Waals surface area contributed by atoms with Crippen LogP contribution >= 0.6 is 12.2 Å². The van der Waals surface area contributed by atoms with Gasteiger partial charge in [0.25, 0.3) is 0 Å². The molecule has 0 aliphatic carbocycles. The lowest BCUT2D eigenvalue weighted by atomic mass is 10.1. The maximum Gasteiger partial charge on any atom is 0.161 e. The van der Waals surface area contributed by atoms with Crippen LogP contribution in [0.5, 0.6) is 0 Å². The minimum atomic E-state index is 0.174. The van der Waals surface area contributed by atoms with E-state index in [4.69, 9.17) is 22.7 Å². The summed E-state index contributed by atoms with van der Waals surface area (Å²) in [6.07, 6.45) is 1.15. The normalized spacial score (nSPS) is 22.5. The van der Waals surface area contributed by atoms with Crippen molar-refractivity contribution in [2.75, 3.05) is 18.6 Å². The molecule has 0 bridgehead atoms. The van der Waals surface area contributed by atoms with Crippen LogP contribution in [0.15, 0.2) is 0 Å². The Morgan fingerprint density at radius 1 is 1.42 bits per heavy atom. The highest BCUT2D eigenvalue weighted by molar-refractivity contribution is 7.80. The van der Waals surface area contributed by atoms with Gasteiger partial charge in [-0.3, -0.25) is 0 Å². The molecule has 2 heterocycles. The Morgan fingerprint density at radius 2 is 2.11 bits per heavy atom. The van der Waals surface area contributed by atoms with Crippen LogP contribution in [0.4, 0.5) is 5.82 Å². The Bertz CT molecular complexity index is 506. The molecule has 2 unspecified atom stereocenters. The molecule has 0 saturated carbocycles. The molecular formula is C13H20N4OS. The zero-order valence-electron chi connectivity index (χ0n) is 11.8. The van der Waals surface area contributed by atoms with E-state index >= 15 is 0 Å². The molecule has 1 saturated heterocycles. The van der Waals surface area contributed by atoms with Gasteiger partial charge in [0.15, 0.2) is 5.82 Å². The standard InChI is InChI=1S/C13H20N4OS/c1-7-8(2)15-16-13(11(7)12(14)19)17(4)10-5-6-18-9(10)3/h9-10H,5-6H2,1-4H3,(H2,14,19). The van der Waals surface area contributed by atoms with E-state index in [1.807, 2.05) is 20.9 Å². The summed E-state index contributed by atoms with van der Waals surface area (Å²) >= 11 is 5.17. The first-order chi connectivity index (χ1) is 8.93. The Kier molecular flexibility index (Phi) is 4.01. The third-order valence-electron chi connectivity index (χ3n) is 3.85. The Morgan fingerprint density at radius 3 is 2.63 bits per heavy atom. The van der Waals surface area contributed by atoms with Crippen LogP contribution in [0.2, 0.25) is 0 Å². The summed E-state index contributed by atoms with van der Waals surface area (Å²) < 4.78 is 5.61. The Hall–Kier alpha value is -1.27. The van der Waals surface area contributed by atoms with E-state index in [1.54, 1.807) is 0 Å². The number of ether oxygens (including phenoxy) is 1. The number of rotatable bonds is 3. The first kappa shape index (κ1) is 14.1. The smallest absolute Gasteiger partial charge is 0.161 e. The van der Waals surface area contributed by atoms with Crippen molar-refractivity contribution in [3.63, 3.8) is 0 Å². The summed E-state index contributed by atoms with van der Waals surface area (Å²) in [4.78, 5) is 2.45. The number of anilines is 1. The first-order valence-electron chi connectivity index (χ1n) is 6.41. The molecule has 1 aromatic rings. The largest absolute Gasteiger partial charge is 0.389 e. The lowest BCUT2D eigenvalue weighted by Crippen LogP contribution is -2.39. The van der Waals surface area contributed by atoms with Gasteiger partial charge in [0.05, 0.1) is 23.4 Å². The monoisotopic (exact) mass is 280 g/mol.